The van der Waals surface area contributed by atoms with Gasteiger partial charge < -0.3 is 24.8 Å². The van der Waals surface area contributed by atoms with Crippen LogP contribution in [0.1, 0.15) is 31.7 Å². The lowest BCUT2D eigenvalue weighted by Crippen LogP contribution is -2.52. The third-order valence-electron chi connectivity index (χ3n) is 7.29. The van der Waals surface area contributed by atoms with Crippen LogP contribution < -0.4 is 4.74 Å². The van der Waals surface area contributed by atoms with Crippen molar-refractivity contribution in [3.05, 3.63) is 29.8 Å². The van der Waals surface area contributed by atoms with Gasteiger partial charge in [0.1, 0.15) is 11.8 Å². The Kier molecular flexibility index (Phi) is 15.8. The number of benzene rings is 1. The average molecular weight is 595 g/mol. The molecular formula is C29H46N4O9. The van der Waals surface area contributed by atoms with E-state index in [1.54, 1.807) is 14.7 Å². The Hall–Kier alpha value is -3.26. The molecule has 0 saturated carbocycles. The van der Waals surface area contributed by atoms with Crippen LogP contribution in [-0.4, -0.2) is 151 Å². The lowest BCUT2D eigenvalue weighted by molar-refractivity contribution is -0.148. The van der Waals surface area contributed by atoms with Gasteiger partial charge in [-0.2, -0.15) is 0 Å². The molecule has 1 aromatic rings. The minimum absolute atomic E-state index is 0.217. The van der Waals surface area contributed by atoms with Crippen LogP contribution in [0.25, 0.3) is 0 Å². The zero-order chi connectivity index (χ0) is 30.9. The maximum absolute atomic E-state index is 13.0. The zero-order valence-corrected chi connectivity index (χ0v) is 24.8. The van der Waals surface area contributed by atoms with Gasteiger partial charge in [0.25, 0.3) is 0 Å². The van der Waals surface area contributed by atoms with Crippen molar-refractivity contribution in [1.82, 2.24) is 19.6 Å². The van der Waals surface area contributed by atoms with E-state index in [1.807, 2.05) is 36.1 Å². The first-order valence-electron chi connectivity index (χ1n) is 14.5. The number of hydrogen-bond donors (Lipinski definition) is 3. The van der Waals surface area contributed by atoms with Crippen LogP contribution in [0.3, 0.4) is 0 Å². The molecule has 1 saturated heterocycles. The van der Waals surface area contributed by atoms with Crippen molar-refractivity contribution < 1.29 is 44.0 Å². The molecule has 0 aromatic heterocycles. The highest BCUT2D eigenvalue weighted by atomic mass is 16.5. The van der Waals surface area contributed by atoms with Crippen molar-refractivity contribution in [3.8, 4) is 5.75 Å². The molecule has 1 atom stereocenters. The van der Waals surface area contributed by atoms with E-state index in [-0.39, 0.29) is 25.6 Å². The van der Waals surface area contributed by atoms with E-state index in [0.29, 0.717) is 65.4 Å². The maximum Gasteiger partial charge on any atom is 0.323 e. The molecule has 1 fully saturated rings. The summed E-state index contributed by atoms with van der Waals surface area (Å²) in [6, 6.07) is 7.38. The van der Waals surface area contributed by atoms with Crippen molar-refractivity contribution in [2.24, 2.45) is 0 Å². The Morgan fingerprint density at radius 2 is 1.19 bits per heavy atom. The first-order chi connectivity index (χ1) is 20.1. The Morgan fingerprint density at radius 3 is 1.60 bits per heavy atom. The first-order valence-corrected chi connectivity index (χ1v) is 14.5. The molecule has 13 heteroatoms. The molecule has 3 N–H and O–H groups in total. The molecule has 0 bridgehead atoms. The van der Waals surface area contributed by atoms with E-state index in [0.717, 1.165) is 25.0 Å². The summed E-state index contributed by atoms with van der Waals surface area (Å²) < 4.78 is 10.6. The lowest BCUT2D eigenvalue weighted by atomic mass is 10.0. The van der Waals surface area contributed by atoms with Gasteiger partial charge in [0, 0.05) is 52.4 Å². The van der Waals surface area contributed by atoms with Gasteiger partial charge in [-0.1, -0.05) is 18.6 Å². The summed E-state index contributed by atoms with van der Waals surface area (Å²) in [5.74, 6) is -2.56. The number of aryl methyl sites for hydroxylation is 1. The minimum atomic E-state index is -1.01. The number of aliphatic carboxylic acids is 3. The molecule has 1 aliphatic rings. The quantitative estimate of drug-likeness (QED) is 0.194. The summed E-state index contributed by atoms with van der Waals surface area (Å²) in [7, 11) is 1.34. The number of rotatable bonds is 15. The second-order valence-corrected chi connectivity index (χ2v) is 10.4. The van der Waals surface area contributed by atoms with E-state index in [9.17, 15) is 34.5 Å². The van der Waals surface area contributed by atoms with Gasteiger partial charge in [-0.3, -0.25) is 38.8 Å². The number of carboxylic acid groups (broad SMARTS) is 3. The summed E-state index contributed by atoms with van der Waals surface area (Å²) in [5.41, 5.74) is 1.17. The number of methoxy groups -OCH3 is 1. The second-order valence-electron chi connectivity index (χ2n) is 10.4. The first kappa shape index (κ1) is 34.9. The van der Waals surface area contributed by atoms with Crippen LogP contribution in [0.4, 0.5) is 0 Å². The van der Waals surface area contributed by atoms with Crippen molar-refractivity contribution in [1.29, 1.82) is 0 Å². The van der Waals surface area contributed by atoms with Gasteiger partial charge in [-0.05, 0) is 43.9 Å². The number of ether oxygens (including phenoxy) is 2. The maximum atomic E-state index is 13.0. The van der Waals surface area contributed by atoms with Crippen LogP contribution in [-0.2, 0) is 30.3 Å². The van der Waals surface area contributed by atoms with Gasteiger partial charge in [0.2, 0.25) is 0 Å². The smallest absolute Gasteiger partial charge is 0.323 e. The molecule has 236 valence electrons. The summed E-state index contributed by atoms with van der Waals surface area (Å²) in [4.78, 5) is 54.6. The minimum Gasteiger partial charge on any atom is -0.494 e. The number of nitrogens with zero attached hydrogens (tertiary/aromatic N) is 4. The highest BCUT2D eigenvalue weighted by Crippen LogP contribution is 2.17. The van der Waals surface area contributed by atoms with Gasteiger partial charge in [-0.25, -0.2) is 0 Å². The Labute approximate surface area is 247 Å². The SMILES string of the molecule is CCOc1ccc(CCCC[C@@H](C(=O)OC)N2CCN(CC(=O)O)CCN(CC(=O)O)CCN(CC(=O)O)CC2)cc1. The van der Waals surface area contributed by atoms with E-state index in [1.165, 1.54) is 12.7 Å². The van der Waals surface area contributed by atoms with Crippen molar-refractivity contribution in [2.75, 3.05) is 85.7 Å². The summed E-state index contributed by atoms with van der Waals surface area (Å²) in [6.07, 6.45) is 2.98. The molecule has 2 rings (SSSR count). The topological polar surface area (TPSA) is 160 Å². The largest absolute Gasteiger partial charge is 0.494 e. The summed E-state index contributed by atoms with van der Waals surface area (Å²) in [6.45, 7) is 4.55. The Balaban J connectivity index is 2.15. The Bertz CT molecular complexity index is 960. The molecule has 1 aromatic carbocycles. The van der Waals surface area contributed by atoms with Crippen LogP contribution in [0.2, 0.25) is 0 Å². The van der Waals surface area contributed by atoms with Crippen LogP contribution in [0.15, 0.2) is 24.3 Å². The molecule has 42 heavy (non-hydrogen) atoms. The van der Waals surface area contributed by atoms with Gasteiger partial charge >= 0.3 is 23.9 Å². The van der Waals surface area contributed by atoms with E-state index in [4.69, 9.17) is 9.47 Å². The monoisotopic (exact) mass is 594 g/mol. The number of esters is 1. The van der Waals surface area contributed by atoms with Crippen molar-refractivity contribution >= 4 is 23.9 Å². The van der Waals surface area contributed by atoms with Gasteiger partial charge in [0.15, 0.2) is 0 Å². The molecule has 0 amide bonds. The fourth-order valence-corrected chi connectivity index (χ4v) is 5.08. The fraction of sp³-hybridized carbons (Fsp3) is 0.655. The highest BCUT2D eigenvalue weighted by Gasteiger charge is 2.28. The van der Waals surface area contributed by atoms with Crippen LogP contribution >= 0.6 is 0 Å². The normalized spacial score (nSPS) is 17.5. The standard InChI is InChI=1S/C29H46N4O9/c1-3-42-24-10-8-23(9-11-24)6-4-5-7-25(29(40)41-2)33-18-16-31(21-27(36)37)14-12-30(20-26(34)35)13-15-32(17-19-33)22-28(38)39/h8-11,25H,3-7,12-22H2,1-2H3,(H,34,35)(H,36,37)(H,38,39)/t25-/m0/s1. The van der Waals surface area contributed by atoms with Crippen molar-refractivity contribution in [3.63, 3.8) is 0 Å². The van der Waals surface area contributed by atoms with Crippen LogP contribution in [0, 0.1) is 0 Å². The highest BCUT2D eigenvalue weighted by molar-refractivity contribution is 5.75. The predicted octanol–water partition coefficient (Wildman–Crippen LogP) is 0.815. The number of hydrogen-bond acceptors (Lipinski definition) is 10. The van der Waals surface area contributed by atoms with Crippen molar-refractivity contribution in [2.45, 2.75) is 38.6 Å². The molecule has 13 nitrogen and oxygen atoms in total. The van der Waals surface area contributed by atoms with E-state index < -0.39 is 23.9 Å². The number of carbonyl (C=O) groups excluding carboxylic acids is 1. The second kappa shape index (κ2) is 19.0. The molecule has 0 unspecified atom stereocenters. The van der Waals surface area contributed by atoms with E-state index in [2.05, 4.69) is 0 Å². The molecule has 0 spiro atoms. The molecular weight excluding hydrogens is 548 g/mol. The van der Waals surface area contributed by atoms with Gasteiger partial charge in [0.05, 0.1) is 33.4 Å². The number of unbranched alkanes of at least 4 members (excludes halogenated alkanes) is 1. The third-order valence-corrected chi connectivity index (χ3v) is 7.29. The molecule has 0 aliphatic carbocycles. The lowest BCUT2D eigenvalue weighted by Gasteiger charge is -2.35. The third kappa shape index (κ3) is 13.6. The molecule has 1 aliphatic heterocycles. The fourth-order valence-electron chi connectivity index (χ4n) is 5.08. The number of carbonyl (C=O) groups is 4. The van der Waals surface area contributed by atoms with E-state index >= 15 is 0 Å². The average Bonchev–Trinajstić information content (AvgIpc) is 2.93. The predicted molar refractivity (Wildman–Crippen MR) is 155 cm³/mol. The zero-order valence-electron chi connectivity index (χ0n) is 24.8. The van der Waals surface area contributed by atoms with Crippen LogP contribution in [0.5, 0.6) is 5.75 Å². The Morgan fingerprint density at radius 1 is 0.738 bits per heavy atom. The summed E-state index contributed by atoms with van der Waals surface area (Å²) in [5, 5.41) is 28.2. The molecule has 0 radical (unpaired) electrons. The summed E-state index contributed by atoms with van der Waals surface area (Å²) >= 11 is 0. The van der Waals surface area contributed by atoms with Gasteiger partial charge in [-0.15, -0.1) is 0 Å². The molecule has 1 heterocycles. The number of carboxylic acids is 3.